The van der Waals surface area contributed by atoms with Crippen molar-refractivity contribution in [3.05, 3.63) is 11.8 Å². The minimum atomic E-state index is -0.00876. The zero-order valence-electron chi connectivity index (χ0n) is 15.6. The van der Waals surface area contributed by atoms with E-state index in [2.05, 4.69) is 17.3 Å². The molecule has 0 bridgehead atoms. The Morgan fingerprint density at radius 1 is 1.32 bits per heavy atom. The lowest BCUT2D eigenvalue weighted by atomic mass is 9.72. The van der Waals surface area contributed by atoms with E-state index in [1.54, 1.807) is 10.9 Å². The van der Waals surface area contributed by atoms with Crippen LogP contribution in [-0.2, 0) is 7.05 Å². The fraction of sp³-hybridized carbons (Fsp3) is 0.800. The van der Waals surface area contributed by atoms with Crippen LogP contribution in [0.1, 0.15) is 75.1 Å². The van der Waals surface area contributed by atoms with Crippen molar-refractivity contribution >= 4 is 5.91 Å². The summed E-state index contributed by atoms with van der Waals surface area (Å²) in [5, 5.41) is 7.64. The summed E-state index contributed by atoms with van der Waals surface area (Å²) in [5.41, 5.74) is 0.630. The highest BCUT2D eigenvalue weighted by molar-refractivity contribution is 5.96. The van der Waals surface area contributed by atoms with Gasteiger partial charge in [-0.3, -0.25) is 4.79 Å². The molecular formula is C20H31N3O2. The van der Waals surface area contributed by atoms with Gasteiger partial charge in [0.2, 0.25) is 5.88 Å². The number of aryl methyl sites for hydroxylation is 1. The van der Waals surface area contributed by atoms with Crippen molar-refractivity contribution in [2.24, 2.45) is 24.8 Å². The highest BCUT2D eigenvalue weighted by atomic mass is 16.5. The Morgan fingerprint density at radius 2 is 2.04 bits per heavy atom. The maximum atomic E-state index is 12.9. The van der Waals surface area contributed by atoms with Crippen LogP contribution in [0.3, 0.4) is 0 Å². The molecule has 5 nitrogen and oxygen atoms in total. The Hall–Kier alpha value is -1.52. The molecule has 1 unspecified atom stereocenters. The molecule has 138 valence electrons. The predicted octanol–water partition coefficient (Wildman–Crippen LogP) is 3.69. The SMILES string of the molecule is C[C@H]1CC1C1(NC(=O)c2cnn(C)c2OCC2CCCCC2)CCC1. The van der Waals surface area contributed by atoms with Crippen molar-refractivity contribution in [2.75, 3.05) is 6.61 Å². The second-order valence-electron chi connectivity index (χ2n) is 8.59. The molecule has 2 atom stereocenters. The summed E-state index contributed by atoms with van der Waals surface area (Å²) >= 11 is 0. The van der Waals surface area contributed by atoms with Crippen LogP contribution in [0.15, 0.2) is 6.20 Å². The molecule has 0 aliphatic heterocycles. The van der Waals surface area contributed by atoms with Gasteiger partial charge in [0, 0.05) is 12.6 Å². The van der Waals surface area contributed by atoms with Crippen LogP contribution in [0, 0.1) is 17.8 Å². The van der Waals surface area contributed by atoms with E-state index >= 15 is 0 Å². The van der Waals surface area contributed by atoms with E-state index in [1.165, 1.54) is 44.9 Å². The average molecular weight is 345 g/mol. The van der Waals surface area contributed by atoms with Crippen LogP contribution in [0.4, 0.5) is 0 Å². The number of nitrogens with one attached hydrogen (secondary N) is 1. The Balaban J connectivity index is 1.42. The molecule has 1 aromatic heterocycles. The van der Waals surface area contributed by atoms with Crippen molar-refractivity contribution in [3.63, 3.8) is 0 Å². The molecule has 1 amide bonds. The van der Waals surface area contributed by atoms with E-state index in [1.807, 2.05) is 7.05 Å². The second kappa shape index (κ2) is 6.65. The van der Waals surface area contributed by atoms with Crippen molar-refractivity contribution < 1.29 is 9.53 Å². The van der Waals surface area contributed by atoms with Gasteiger partial charge >= 0.3 is 0 Å². The summed E-state index contributed by atoms with van der Waals surface area (Å²) in [6.45, 7) is 2.99. The predicted molar refractivity (Wildman–Crippen MR) is 96.6 cm³/mol. The lowest BCUT2D eigenvalue weighted by Gasteiger charge is -2.43. The van der Waals surface area contributed by atoms with Gasteiger partial charge in [-0.05, 0) is 56.3 Å². The van der Waals surface area contributed by atoms with Gasteiger partial charge in [0.1, 0.15) is 5.56 Å². The molecule has 0 saturated heterocycles. The minimum Gasteiger partial charge on any atom is -0.477 e. The van der Waals surface area contributed by atoms with Gasteiger partial charge in [0.15, 0.2) is 0 Å². The average Bonchev–Trinajstić information content (AvgIpc) is 3.19. The number of ether oxygens (including phenoxy) is 1. The zero-order chi connectivity index (χ0) is 17.4. The van der Waals surface area contributed by atoms with Gasteiger partial charge < -0.3 is 10.1 Å². The highest BCUT2D eigenvalue weighted by Gasteiger charge is 2.54. The number of hydrogen-bond acceptors (Lipinski definition) is 3. The summed E-state index contributed by atoms with van der Waals surface area (Å²) in [6, 6.07) is 0. The Morgan fingerprint density at radius 3 is 2.64 bits per heavy atom. The lowest BCUT2D eigenvalue weighted by molar-refractivity contribution is 0.0771. The molecule has 0 radical (unpaired) electrons. The third-order valence-corrected chi connectivity index (χ3v) is 6.74. The molecule has 4 rings (SSSR count). The summed E-state index contributed by atoms with van der Waals surface area (Å²) in [6.07, 6.45) is 12.8. The molecule has 1 aromatic rings. The first-order valence-electron chi connectivity index (χ1n) is 10.1. The van der Waals surface area contributed by atoms with Crippen molar-refractivity contribution in [1.82, 2.24) is 15.1 Å². The Bertz CT molecular complexity index is 629. The zero-order valence-corrected chi connectivity index (χ0v) is 15.6. The third-order valence-electron chi connectivity index (χ3n) is 6.74. The molecule has 3 saturated carbocycles. The first kappa shape index (κ1) is 16.9. The molecular weight excluding hydrogens is 314 g/mol. The summed E-state index contributed by atoms with van der Waals surface area (Å²) in [5.74, 6) is 2.64. The van der Waals surface area contributed by atoms with E-state index in [0.717, 1.165) is 18.8 Å². The maximum Gasteiger partial charge on any atom is 0.258 e. The summed E-state index contributed by atoms with van der Waals surface area (Å²) in [7, 11) is 1.86. The lowest BCUT2D eigenvalue weighted by Crippen LogP contribution is -2.55. The molecule has 1 N–H and O–H groups in total. The van der Waals surface area contributed by atoms with Crippen LogP contribution < -0.4 is 10.1 Å². The van der Waals surface area contributed by atoms with Crippen molar-refractivity contribution in [2.45, 2.75) is 70.3 Å². The van der Waals surface area contributed by atoms with E-state index in [0.29, 0.717) is 29.9 Å². The van der Waals surface area contributed by atoms with Gasteiger partial charge in [-0.15, -0.1) is 0 Å². The number of carbonyl (C=O) groups excluding carboxylic acids is 1. The van der Waals surface area contributed by atoms with Crippen LogP contribution >= 0.6 is 0 Å². The molecule has 3 fully saturated rings. The second-order valence-corrected chi connectivity index (χ2v) is 8.59. The van der Waals surface area contributed by atoms with Gasteiger partial charge in [0.05, 0.1) is 12.8 Å². The van der Waals surface area contributed by atoms with Crippen molar-refractivity contribution in [1.29, 1.82) is 0 Å². The van der Waals surface area contributed by atoms with Crippen molar-refractivity contribution in [3.8, 4) is 5.88 Å². The molecule has 3 aliphatic rings. The molecule has 0 aromatic carbocycles. The Labute approximate surface area is 150 Å². The standard InChI is InChI=1S/C20H31N3O2/c1-14-11-17(14)20(9-6-10-20)22-18(24)16-12-21-23(2)19(16)25-13-15-7-4-3-5-8-15/h12,14-15,17H,3-11,13H2,1-2H3,(H,22,24)/t14-,17?/m0/s1. The number of amides is 1. The maximum absolute atomic E-state index is 12.9. The molecule has 5 heteroatoms. The quantitative estimate of drug-likeness (QED) is 0.855. The highest BCUT2D eigenvalue weighted by Crippen LogP contribution is 2.54. The number of aromatic nitrogens is 2. The van der Waals surface area contributed by atoms with Crippen LogP contribution in [0.5, 0.6) is 5.88 Å². The van der Waals surface area contributed by atoms with Crippen LogP contribution in [0.25, 0.3) is 0 Å². The van der Waals surface area contributed by atoms with Gasteiger partial charge in [0.25, 0.3) is 5.91 Å². The Kier molecular flexibility index (Phi) is 4.50. The molecule has 0 spiro atoms. The normalized spacial score (nSPS) is 28.2. The summed E-state index contributed by atoms with van der Waals surface area (Å²) < 4.78 is 7.77. The van der Waals surface area contributed by atoms with Gasteiger partial charge in [-0.25, -0.2) is 4.68 Å². The number of hydrogen-bond donors (Lipinski definition) is 1. The van der Waals surface area contributed by atoms with E-state index in [9.17, 15) is 4.79 Å². The first-order chi connectivity index (χ1) is 12.1. The largest absolute Gasteiger partial charge is 0.477 e. The van der Waals surface area contributed by atoms with E-state index < -0.39 is 0 Å². The first-order valence-corrected chi connectivity index (χ1v) is 10.1. The van der Waals surface area contributed by atoms with Crippen LogP contribution in [-0.4, -0.2) is 27.8 Å². The van der Waals surface area contributed by atoms with E-state index in [4.69, 9.17) is 4.74 Å². The number of nitrogens with zero attached hydrogens (tertiary/aromatic N) is 2. The minimum absolute atomic E-state index is 0.00876. The smallest absolute Gasteiger partial charge is 0.258 e. The molecule has 3 aliphatic carbocycles. The third kappa shape index (κ3) is 3.30. The molecule has 25 heavy (non-hydrogen) atoms. The van der Waals surface area contributed by atoms with Crippen LogP contribution in [0.2, 0.25) is 0 Å². The molecule has 1 heterocycles. The van der Waals surface area contributed by atoms with Gasteiger partial charge in [-0.1, -0.05) is 26.2 Å². The number of carbonyl (C=O) groups is 1. The van der Waals surface area contributed by atoms with E-state index in [-0.39, 0.29) is 11.4 Å². The summed E-state index contributed by atoms with van der Waals surface area (Å²) in [4.78, 5) is 12.9. The fourth-order valence-corrected chi connectivity index (χ4v) is 4.84. The van der Waals surface area contributed by atoms with Gasteiger partial charge in [-0.2, -0.15) is 5.10 Å². The topological polar surface area (TPSA) is 56.2 Å². The fourth-order valence-electron chi connectivity index (χ4n) is 4.84. The monoisotopic (exact) mass is 345 g/mol. The number of rotatable bonds is 6.